The molecule has 0 amide bonds. The van der Waals surface area contributed by atoms with Crippen molar-refractivity contribution >= 4 is 6.29 Å². The molecule has 0 aliphatic carbocycles. The maximum absolute atomic E-state index is 10.4. The van der Waals surface area contributed by atoms with Gasteiger partial charge in [0.25, 0.3) is 0 Å². The number of rotatable bonds is 5. The van der Waals surface area contributed by atoms with Crippen LogP contribution in [0.1, 0.15) is 23.2 Å². The van der Waals surface area contributed by atoms with Crippen LogP contribution in [-0.4, -0.2) is 52.3 Å². The normalized spacial score (nSPS) is 34.1. The average Bonchev–Trinajstić information content (AvgIpc) is 2.90. The van der Waals surface area contributed by atoms with Crippen LogP contribution in [0.4, 0.5) is 0 Å². The van der Waals surface area contributed by atoms with Gasteiger partial charge in [-0.05, 0) is 19.1 Å². The van der Waals surface area contributed by atoms with Crippen molar-refractivity contribution in [2.45, 2.75) is 44.2 Å². The first-order valence-electron chi connectivity index (χ1n) is 6.04. The van der Waals surface area contributed by atoms with Crippen molar-refractivity contribution in [3.63, 3.8) is 0 Å². The first kappa shape index (κ1) is 15.1. The van der Waals surface area contributed by atoms with Crippen LogP contribution in [0, 0.1) is 0 Å². The molecule has 2 rings (SSSR count). The van der Waals surface area contributed by atoms with Gasteiger partial charge >= 0.3 is 0 Å². The molecular formula is C12H16O8. The number of aldehydes is 1. The van der Waals surface area contributed by atoms with Gasteiger partial charge in [-0.25, -0.2) is 9.78 Å². The van der Waals surface area contributed by atoms with Crippen LogP contribution in [0.5, 0.6) is 0 Å². The smallest absolute Gasteiger partial charge is 0.220 e. The van der Waals surface area contributed by atoms with Gasteiger partial charge in [-0.15, -0.1) is 0 Å². The van der Waals surface area contributed by atoms with Crippen LogP contribution in [0.3, 0.4) is 0 Å². The molecule has 2 heterocycles. The fourth-order valence-electron chi connectivity index (χ4n) is 1.79. The summed E-state index contributed by atoms with van der Waals surface area (Å²) in [5.41, 5.74) is 0. The van der Waals surface area contributed by atoms with Crippen LogP contribution in [-0.2, 0) is 21.1 Å². The van der Waals surface area contributed by atoms with Gasteiger partial charge in [0.15, 0.2) is 12.0 Å². The van der Waals surface area contributed by atoms with E-state index < -0.39 is 30.7 Å². The summed E-state index contributed by atoms with van der Waals surface area (Å²) in [6, 6.07) is 3.01. The molecule has 0 saturated carbocycles. The number of furan rings is 1. The number of ether oxygens (including phenoxy) is 1. The molecule has 8 heteroatoms. The highest BCUT2D eigenvalue weighted by molar-refractivity contribution is 5.70. The summed E-state index contributed by atoms with van der Waals surface area (Å²) in [5.74, 6) is 0.510. The first-order valence-corrected chi connectivity index (χ1v) is 6.04. The van der Waals surface area contributed by atoms with Crippen molar-refractivity contribution in [2.24, 2.45) is 0 Å². The number of hydrogen-bond donors (Lipinski definition) is 3. The molecular weight excluding hydrogens is 272 g/mol. The molecule has 1 aliphatic heterocycles. The maximum Gasteiger partial charge on any atom is 0.220 e. The molecule has 0 unspecified atom stereocenters. The Morgan fingerprint density at radius 2 is 2.00 bits per heavy atom. The van der Waals surface area contributed by atoms with Crippen LogP contribution >= 0.6 is 0 Å². The van der Waals surface area contributed by atoms with Crippen molar-refractivity contribution in [3.8, 4) is 0 Å². The van der Waals surface area contributed by atoms with E-state index in [1.54, 1.807) is 0 Å². The fraction of sp³-hybridized carbons (Fsp3) is 0.583. The van der Waals surface area contributed by atoms with Crippen LogP contribution in [0.25, 0.3) is 0 Å². The van der Waals surface area contributed by atoms with E-state index in [1.807, 2.05) is 0 Å². The largest absolute Gasteiger partial charge is 0.456 e. The summed E-state index contributed by atoms with van der Waals surface area (Å²) < 4.78 is 10.2. The third-order valence-electron chi connectivity index (χ3n) is 2.97. The molecule has 1 aromatic rings. The number of hydrogen-bond acceptors (Lipinski definition) is 8. The molecule has 20 heavy (non-hydrogen) atoms. The zero-order valence-corrected chi connectivity index (χ0v) is 10.7. The first-order chi connectivity index (χ1) is 9.52. The molecule has 1 aromatic heterocycles. The maximum atomic E-state index is 10.4. The second-order valence-corrected chi connectivity index (χ2v) is 4.46. The highest BCUT2D eigenvalue weighted by Crippen LogP contribution is 2.22. The zero-order chi connectivity index (χ0) is 14.7. The van der Waals surface area contributed by atoms with Gasteiger partial charge in [0.05, 0.1) is 6.10 Å². The number of aliphatic hydroxyl groups is 3. The molecule has 112 valence electrons. The Balaban J connectivity index is 1.82. The summed E-state index contributed by atoms with van der Waals surface area (Å²) >= 11 is 0. The van der Waals surface area contributed by atoms with Crippen LogP contribution < -0.4 is 0 Å². The minimum Gasteiger partial charge on any atom is -0.456 e. The highest BCUT2D eigenvalue weighted by atomic mass is 17.2. The lowest BCUT2D eigenvalue weighted by molar-refractivity contribution is -0.429. The Kier molecular flexibility index (Phi) is 4.86. The fourth-order valence-corrected chi connectivity index (χ4v) is 1.79. The van der Waals surface area contributed by atoms with Gasteiger partial charge in [0.1, 0.15) is 30.7 Å². The molecule has 3 N–H and O–H groups in total. The van der Waals surface area contributed by atoms with Gasteiger partial charge in [-0.1, -0.05) is 0 Å². The lowest BCUT2D eigenvalue weighted by Crippen LogP contribution is -2.57. The Labute approximate surface area is 114 Å². The molecule has 0 spiro atoms. The number of carbonyl (C=O) groups excluding carboxylic acids is 1. The predicted octanol–water partition coefficient (Wildman–Crippen LogP) is -0.632. The van der Waals surface area contributed by atoms with E-state index in [0.717, 1.165) is 0 Å². The minimum atomic E-state index is -1.44. The molecule has 5 atom stereocenters. The highest BCUT2D eigenvalue weighted by Gasteiger charge is 2.43. The van der Waals surface area contributed by atoms with Gasteiger partial charge in [0, 0.05) is 0 Å². The lowest BCUT2D eigenvalue weighted by Gasteiger charge is -2.37. The van der Waals surface area contributed by atoms with Crippen molar-refractivity contribution in [1.82, 2.24) is 0 Å². The quantitative estimate of drug-likeness (QED) is 0.372. The van der Waals surface area contributed by atoms with Gasteiger partial charge in [-0.3, -0.25) is 4.79 Å². The molecule has 0 bridgehead atoms. The summed E-state index contributed by atoms with van der Waals surface area (Å²) in [6.07, 6.45) is -5.43. The van der Waals surface area contributed by atoms with Gasteiger partial charge in [-0.2, -0.15) is 0 Å². The Morgan fingerprint density at radius 1 is 1.25 bits per heavy atom. The topological polar surface area (TPSA) is 119 Å². The van der Waals surface area contributed by atoms with E-state index in [2.05, 4.69) is 0 Å². The second kappa shape index (κ2) is 6.44. The van der Waals surface area contributed by atoms with Gasteiger partial charge < -0.3 is 24.5 Å². The minimum absolute atomic E-state index is 0.104. The van der Waals surface area contributed by atoms with Crippen LogP contribution in [0.2, 0.25) is 0 Å². The van der Waals surface area contributed by atoms with Crippen molar-refractivity contribution in [1.29, 1.82) is 0 Å². The van der Waals surface area contributed by atoms with E-state index in [1.165, 1.54) is 19.1 Å². The van der Waals surface area contributed by atoms with Crippen molar-refractivity contribution < 1.29 is 39.0 Å². The molecule has 0 aromatic carbocycles. The molecule has 0 radical (unpaired) electrons. The summed E-state index contributed by atoms with van der Waals surface area (Å²) in [4.78, 5) is 20.1. The van der Waals surface area contributed by atoms with E-state index >= 15 is 0 Å². The lowest BCUT2D eigenvalue weighted by atomic mass is 10.0. The van der Waals surface area contributed by atoms with Crippen molar-refractivity contribution in [3.05, 3.63) is 23.7 Å². The van der Waals surface area contributed by atoms with E-state index in [0.29, 0.717) is 12.0 Å². The second-order valence-electron chi connectivity index (χ2n) is 4.46. The Bertz CT molecular complexity index is 444. The molecule has 8 nitrogen and oxygen atoms in total. The zero-order valence-electron chi connectivity index (χ0n) is 10.7. The Hall–Kier alpha value is -1.29. The van der Waals surface area contributed by atoms with E-state index in [9.17, 15) is 20.1 Å². The third kappa shape index (κ3) is 3.23. The van der Waals surface area contributed by atoms with Gasteiger partial charge in [0.2, 0.25) is 6.29 Å². The monoisotopic (exact) mass is 288 g/mol. The molecule has 1 aliphatic rings. The summed E-state index contributed by atoms with van der Waals surface area (Å²) in [5, 5.41) is 28.7. The third-order valence-corrected chi connectivity index (χ3v) is 2.97. The number of carbonyl (C=O) groups is 1. The van der Waals surface area contributed by atoms with E-state index in [-0.39, 0.29) is 12.4 Å². The summed E-state index contributed by atoms with van der Waals surface area (Å²) in [7, 11) is 0. The molecule has 1 fully saturated rings. The molecule has 1 saturated heterocycles. The van der Waals surface area contributed by atoms with Crippen LogP contribution in [0.15, 0.2) is 16.5 Å². The SMILES string of the molecule is C[C@H]1O[C@H](OOCc2ccc(C=O)o2)[C@H](O)[C@@H](O)[C@@H]1O. The van der Waals surface area contributed by atoms with Crippen molar-refractivity contribution in [2.75, 3.05) is 0 Å². The van der Waals surface area contributed by atoms with E-state index in [4.69, 9.17) is 18.9 Å². The summed E-state index contributed by atoms with van der Waals surface area (Å²) in [6.45, 7) is 1.42. The Morgan fingerprint density at radius 3 is 2.65 bits per heavy atom. The number of aliphatic hydroxyl groups excluding tert-OH is 3. The average molecular weight is 288 g/mol. The predicted molar refractivity (Wildman–Crippen MR) is 62.3 cm³/mol. The standard InChI is InChI=1S/C12H16O8/c1-6-9(14)10(15)11(16)12(18-6)20-17-5-8-3-2-7(4-13)19-8/h2-4,6,9-12,14-16H,5H2,1H3/t6-,9-,10+,11-,12-/m1/s1.